The number of carbonyl (C=O) groups excluding carboxylic acids is 1. The largest absolute Gasteiger partial charge is 0.466 e. The molecule has 0 bridgehead atoms. The molecule has 0 aliphatic rings. The van der Waals surface area contributed by atoms with Gasteiger partial charge in [0.1, 0.15) is 0 Å². The van der Waals surface area contributed by atoms with Crippen molar-refractivity contribution in [1.82, 2.24) is 0 Å². The molecule has 0 unspecified atom stereocenters. The van der Waals surface area contributed by atoms with Crippen LogP contribution in [0.15, 0.2) is 11.6 Å². The van der Waals surface area contributed by atoms with Crippen LogP contribution < -0.4 is 0 Å². The molecule has 0 atom stereocenters. The minimum absolute atomic E-state index is 0.232. The van der Waals surface area contributed by atoms with E-state index in [1.165, 1.54) is 71.3 Å². The Morgan fingerprint density at radius 1 is 0.895 bits per heavy atom. The maximum absolute atomic E-state index is 11.0. The lowest BCUT2D eigenvalue weighted by Gasteiger charge is -2.03. The third kappa shape index (κ3) is 13.4. The van der Waals surface area contributed by atoms with Gasteiger partial charge in [-0.1, -0.05) is 70.3 Å². The van der Waals surface area contributed by atoms with Crippen LogP contribution in [-0.2, 0) is 9.53 Å². The van der Waals surface area contributed by atoms with E-state index in [0.29, 0.717) is 0 Å². The van der Waals surface area contributed by atoms with Gasteiger partial charge in [-0.25, -0.2) is 4.79 Å². The topological polar surface area (TPSA) is 26.3 Å². The first-order chi connectivity index (χ1) is 9.20. The normalized spacial score (nSPS) is 11.6. The molecule has 0 rings (SSSR count). The standard InChI is InChI=1S/C17H32O2/c1-4-5-6-7-8-9-10-11-12-13-14-16(2)15-17(18)19-3/h15H,4-14H2,1-3H3. The molecule has 0 heterocycles. The molecular weight excluding hydrogens is 236 g/mol. The summed E-state index contributed by atoms with van der Waals surface area (Å²) in [6, 6.07) is 0. The first kappa shape index (κ1) is 18.2. The highest BCUT2D eigenvalue weighted by Gasteiger charge is 1.97. The van der Waals surface area contributed by atoms with Crippen molar-refractivity contribution in [2.45, 2.75) is 84.5 Å². The summed E-state index contributed by atoms with van der Waals surface area (Å²) in [6.45, 7) is 4.27. The van der Waals surface area contributed by atoms with Crippen LogP contribution in [0.2, 0.25) is 0 Å². The molecule has 0 aromatic heterocycles. The minimum atomic E-state index is -0.232. The molecule has 112 valence electrons. The smallest absolute Gasteiger partial charge is 0.330 e. The molecular formula is C17H32O2. The van der Waals surface area contributed by atoms with Crippen molar-refractivity contribution in [3.63, 3.8) is 0 Å². The SMILES string of the molecule is CCCCCCCCCCCCC(C)=CC(=O)OC. The Morgan fingerprint density at radius 3 is 1.84 bits per heavy atom. The molecule has 0 saturated heterocycles. The average molecular weight is 268 g/mol. The monoisotopic (exact) mass is 268 g/mol. The fourth-order valence-corrected chi connectivity index (χ4v) is 2.22. The number of esters is 1. The van der Waals surface area contributed by atoms with Crippen LogP contribution in [0.1, 0.15) is 84.5 Å². The Kier molecular flexibility index (Phi) is 13.1. The second-order valence-electron chi connectivity index (χ2n) is 5.45. The van der Waals surface area contributed by atoms with Gasteiger partial charge in [0.2, 0.25) is 0 Å². The zero-order chi connectivity index (χ0) is 14.3. The summed E-state index contributed by atoms with van der Waals surface area (Å²) in [5, 5.41) is 0. The van der Waals surface area contributed by atoms with E-state index in [1.54, 1.807) is 6.08 Å². The summed E-state index contributed by atoms with van der Waals surface area (Å²) < 4.78 is 4.61. The van der Waals surface area contributed by atoms with Crippen molar-refractivity contribution in [3.05, 3.63) is 11.6 Å². The third-order valence-corrected chi connectivity index (χ3v) is 3.49. The van der Waals surface area contributed by atoms with Gasteiger partial charge in [-0.2, -0.15) is 0 Å². The van der Waals surface area contributed by atoms with Crippen LogP contribution in [0.4, 0.5) is 0 Å². The summed E-state index contributed by atoms with van der Waals surface area (Å²) >= 11 is 0. The van der Waals surface area contributed by atoms with E-state index < -0.39 is 0 Å². The van der Waals surface area contributed by atoms with Gasteiger partial charge < -0.3 is 4.74 Å². The van der Waals surface area contributed by atoms with Crippen molar-refractivity contribution in [3.8, 4) is 0 Å². The number of methoxy groups -OCH3 is 1. The summed E-state index contributed by atoms with van der Waals surface area (Å²) in [5.41, 5.74) is 1.13. The zero-order valence-corrected chi connectivity index (χ0v) is 13.2. The molecule has 0 N–H and O–H groups in total. The van der Waals surface area contributed by atoms with E-state index in [0.717, 1.165) is 12.0 Å². The van der Waals surface area contributed by atoms with Crippen LogP contribution in [0.3, 0.4) is 0 Å². The predicted octanol–water partition coefficient (Wildman–Crippen LogP) is 5.42. The van der Waals surface area contributed by atoms with E-state index in [1.807, 2.05) is 6.92 Å². The molecule has 2 nitrogen and oxygen atoms in total. The third-order valence-electron chi connectivity index (χ3n) is 3.49. The summed E-state index contributed by atoms with van der Waals surface area (Å²) in [4.78, 5) is 11.0. The summed E-state index contributed by atoms with van der Waals surface area (Å²) in [7, 11) is 1.42. The summed E-state index contributed by atoms with van der Waals surface area (Å²) in [5.74, 6) is -0.232. The van der Waals surface area contributed by atoms with Gasteiger partial charge in [-0.05, 0) is 19.8 Å². The number of carbonyl (C=O) groups is 1. The zero-order valence-electron chi connectivity index (χ0n) is 13.2. The summed E-state index contributed by atoms with van der Waals surface area (Å²) in [6.07, 6.45) is 16.1. The van der Waals surface area contributed by atoms with Crippen LogP contribution in [-0.4, -0.2) is 13.1 Å². The maximum Gasteiger partial charge on any atom is 0.330 e. The van der Waals surface area contributed by atoms with E-state index in [9.17, 15) is 4.79 Å². The molecule has 0 radical (unpaired) electrons. The Balaban J connectivity index is 3.27. The lowest BCUT2D eigenvalue weighted by atomic mass is 10.0. The van der Waals surface area contributed by atoms with Crippen LogP contribution in [0, 0.1) is 0 Å². The highest BCUT2D eigenvalue weighted by molar-refractivity contribution is 5.82. The molecule has 0 aliphatic carbocycles. The molecule has 0 saturated carbocycles. The molecule has 0 amide bonds. The van der Waals surface area contributed by atoms with Gasteiger partial charge >= 0.3 is 5.97 Å². The van der Waals surface area contributed by atoms with Gasteiger partial charge in [0, 0.05) is 6.08 Å². The van der Waals surface area contributed by atoms with Gasteiger partial charge in [0.25, 0.3) is 0 Å². The van der Waals surface area contributed by atoms with E-state index in [4.69, 9.17) is 0 Å². The van der Waals surface area contributed by atoms with Crippen molar-refractivity contribution in [1.29, 1.82) is 0 Å². The van der Waals surface area contributed by atoms with Crippen LogP contribution in [0.25, 0.3) is 0 Å². The Labute approximate surface area is 119 Å². The minimum Gasteiger partial charge on any atom is -0.466 e. The second-order valence-corrected chi connectivity index (χ2v) is 5.45. The molecule has 2 heteroatoms. The van der Waals surface area contributed by atoms with Crippen molar-refractivity contribution < 1.29 is 9.53 Å². The van der Waals surface area contributed by atoms with E-state index in [-0.39, 0.29) is 5.97 Å². The Hall–Kier alpha value is -0.790. The fraction of sp³-hybridized carbons (Fsp3) is 0.824. The lowest BCUT2D eigenvalue weighted by Crippen LogP contribution is -1.96. The fourth-order valence-electron chi connectivity index (χ4n) is 2.22. The molecule has 0 spiro atoms. The average Bonchev–Trinajstić information content (AvgIpc) is 2.40. The second kappa shape index (κ2) is 13.6. The number of ether oxygens (including phenoxy) is 1. The van der Waals surface area contributed by atoms with Crippen molar-refractivity contribution in [2.24, 2.45) is 0 Å². The van der Waals surface area contributed by atoms with Gasteiger partial charge in [-0.3, -0.25) is 0 Å². The highest BCUT2D eigenvalue weighted by atomic mass is 16.5. The van der Waals surface area contributed by atoms with Crippen LogP contribution in [0.5, 0.6) is 0 Å². The molecule has 0 fully saturated rings. The number of hydrogen-bond acceptors (Lipinski definition) is 2. The molecule has 19 heavy (non-hydrogen) atoms. The van der Waals surface area contributed by atoms with Gasteiger partial charge in [0.15, 0.2) is 0 Å². The number of unbranched alkanes of at least 4 members (excludes halogenated alkanes) is 9. The van der Waals surface area contributed by atoms with E-state index in [2.05, 4.69) is 11.7 Å². The number of allylic oxidation sites excluding steroid dienone is 1. The van der Waals surface area contributed by atoms with E-state index >= 15 is 0 Å². The van der Waals surface area contributed by atoms with Gasteiger partial charge in [-0.15, -0.1) is 0 Å². The lowest BCUT2D eigenvalue weighted by molar-refractivity contribution is -0.134. The van der Waals surface area contributed by atoms with Crippen LogP contribution >= 0.6 is 0 Å². The number of hydrogen-bond donors (Lipinski definition) is 0. The molecule has 0 aromatic carbocycles. The molecule has 0 aliphatic heterocycles. The van der Waals surface area contributed by atoms with Crippen molar-refractivity contribution >= 4 is 5.97 Å². The first-order valence-corrected chi connectivity index (χ1v) is 7.95. The predicted molar refractivity (Wildman–Crippen MR) is 82.2 cm³/mol. The first-order valence-electron chi connectivity index (χ1n) is 7.95. The quantitative estimate of drug-likeness (QED) is 0.268. The maximum atomic E-state index is 11.0. The number of rotatable bonds is 12. The Bertz CT molecular complexity index is 244. The Morgan fingerprint density at radius 2 is 1.37 bits per heavy atom. The molecule has 0 aromatic rings. The van der Waals surface area contributed by atoms with Gasteiger partial charge in [0.05, 0.1) is 7.11 Å². The van der Waals surface area contributed by atoms with Crippen molar-refractivity contribution in [2.75, 3.05) is 7.11 Å². The highest BCUT2D eigenvalue weighted by Crippen LogP contribution is 2.13.